The van der Waals surface area contributed by atoms with Crippen LogP contribution in [-0.2, 0) is 11.2 Å². The van der Waals surface area contributed by atoms with Gasteiger partial charge in [-0.3, -0.25) is 5.43 Å². The van der Waals surface area contributed by atoms with Crippen LogP contribution in [-0.4, -0.2) is 50.5 Å². The molecule has 126 valence electrons. The predicted molar refractivity (Wildman–Crippen MR) is 96.2 cm³/mol. The summed E-state index contributed by atoms with van der Waals surface area (Å²) in [6, 6.07) is 7.66. The van der Waals surface area contributed by atoms with Crippen molar-refractivity contribution in [2.24, 2.45) is 5.10 Å². The number of nitrogens with zero attached hydrogens (tertiary/aromatic N) is 4. The lowest BCUT2D eigenvalue weighted by Gasteiger charge is -2.19. The van der Waals surface area contributed by atoms with Crippen LogP contribution in [0.25, 0.3) is 10.9 Å². The number of allylic oxidation sites excluding steroid dienone is 1. The van der Waals surface area contributed by atoms with Gasteiger partial charge in [-0.1, -0.05) is 12.1 Å². The summed E-state index contributed by atoms with van der Waals surface area (Å²) in [6.07, 6.45) is 5.14. The molecule has 0 saturated carbocycles. The third-order valence-electron chi connectivity index (χ3n) is 3.28. The van der Waals surface area contributed by atoms with Gasteiger partial charge in [-0.05, 0) is 29.4 Å². The second kappa shape index (κ2) is 7.95. The maximum Gasteiger partial charge on any atom is 0.268 e. The number of benzene rings is 1. The lowest BCUT2D eigenvalue weighted by atomic mass is 10.2. The molecule has 1 aromatic heterocycles. The van der Waals surface area contributed by atoms with Gasteiger partial charge in [0, 0.05) is 11.6 Å². The number of hydrogen-bond acceptors (Lipinski definition) is 8. The lowest BCUT2D eigenvalue weighted by molar-refractivity contribution is 0.319. The van der Waals surface area contributed by atoms with Gasteiger partial charge in [0.25, 0.3) is 5.95 Å². The van der Waals surface area contributed by atoms with Crippen LogP contribution in [0.4, 0.5) is 11.8 Å². The zero-order chi connectivity index (χ0) is 16.8. The number of para-hydroxylation sites is 1. The normalized spacial score (nSPS) is 14.7. The van der Waals surface area contributed by atoms with E-state index in [2.05, 4.69) is 25.8 Å². The van der Waals surface area contributed by atoms with Crippen molar-refractivity contribution in [1.29, 1.82) is 0 Å². The van der Waals surface area contributed by atoms with Crippen LogP contribution >= 0.6 is 0 Å². The number of aliphatic hydroxyl groups excluding tert-OH is 1. The highest BCUT2D eigenvalue weighted by molar-refractivity contribution is 7.91. The number of hydrazone groups is 1. The molecule has 0 bridgehead atoms. The smallest absolute Gasteiger partial charge is 0.268 e. The number of aromatic nitrogens is 2. The summed E-state index contributed by atoms with van der Waals surface area (Å²) < 4.78 is 11.6. The van der Waals surface area contributed by atoms with E-state index in [0.717, 1.165) is 10.9 Å². The molecule has 0 spiro atoms. The monoisotopic (exact) mass is 346 g/mol. The Labute approximate surface area is 142 Å². The Hall–Kier alpha value is -2.36. The minimum Gasteiger partial charge on any atom is -0.616 e. The number of hydrogen-bond donors (Lipinski definition) is 3. The lowest BCUT2D eigenvalue weighted by Crippen LogP contribution is -2.32. The minimum atomic E-state index is -1.05. The first kappa shape index (κ1) is 16.5. The number of nitrogens with one attached hydrogen (secondary N) is 2. The molecule has 1 unspecified atom stereocenters. The van der Waals surface area contributed by atoms with Crippen molar-refractivity contribution in [2.45, 2.75) is 0 Å². The average Bonchev–Trinajstić information content (AvgIpc) is 2.62. The molecule has 9 heteroatoms. The summed E-state index contributed by atoms with van der Waals surface area (Å²) >= 11 is -1.05. The second-order valence-corrected chi connectivity index (χ2v) is 6.65. The fourth-order valence-electron chi connectivity index (χ4n) is 2.19. The SMILES string of the molecule is [O-][S+](CCO)CCNc1nc(N2N=CC=CN2)nc2ccccc12. The number of anilines is 2. The van der Waals surface area contributed by atoms with Gasteiger partial charge in [0.05, 0.1) is 24.9 Å². The molecular formula is C15H18N6O2S. The molecule has 1 aliphatic rings. The molecule has 1 aromatic carbocycles. The molecule has 0 fully saturated rings. The van der Waals surface area contributed by atoms with Crippen molar-refractivity contribution in [3.8, 4) is 0 Å². The molecule has 8 nitrogen and oxygen atoms in total. The van der Waals surface area contributed by atoms with E-state index < -0.39 is 11.2 Å². The molecule has 3 N–H and O–H groups in total. The van der Waals surface area contributed by atoms with E-state index in [1.807, 2.05) is 24.3 Å². The number of aliphatic hydroxyl groups is 1. The molecule has 0 radical (unpaired) electrons. The molecule has 0 amide bonds. The first-order valence-electron chi connectivity index (χ1n) is 7.50. The first-order valence-corrected chi connectivity index (χ1v) is 8.98. The van der Waals surface area contributed by atoms with Crippen LogP contribution in [0.1, 0.15) is 0 Å². The van der Waals surface area contributed by atoms with Crippen molar-refractivity contribution in [1.82, 2.24) is 15.4 Å². The fraction of sp³-hybridized carbons (Fsp3) is 0.267. The van der Waals surface area contributed by atoms with Gasteiger partial charge in [0.2, 0.25) is 0 Å². The highest BCUT2D eigenvalue weighted by Gasteiger charge is 2.14. The molecule has 1 atom stereocenters. The second-order valence-electron chi connectivity index (χ2n) is 4.95. The Bertz CT molecular complexity index is 754. The molecule has 2 aromatic rings. The summed E-state index contributed by atoms with van der Waals surface area (Å²) in [5.41, 5.74) is 3.73. The molecular weight excluding hydrogens is 328 g/mol. The molecule has 2 heterocycles. The van der Waals surface area contributed by atoms with E-state index in [-0.39, 0.29) is 12.4 Å². The Balaban J connectivity index is 1.82. The topological polar surface area (TPSA) is 109 Å². The zero-order valence-electron chi connectivity index (χ0n) is 12.9. The van der Waals surface area contributed by atoms with Gasteiger partial charge < -0.3 is 15.0 Å². The van der Waals surface area contributed by atoms with Gasteiger partial charge in [0.15, 0.2) is 0 Å². The van der Waals surface area contributed by atoms with Crippen molar-refractivity contribution < 1.29 is 9.66 Å². The zero-order valence-corrected chi connectivity index (χ0v) is 13.7. The van der Waals surface area contributed by atoms with E-state index in [4.69, 9.17) is 5.11 Å². The Morgan fingerprint density at radius 1 is 1.25 bits per heavy atom. The third kappa shape index (κ3) is 3.94. The largest absolute Gasteiger partial charge is 0.616 e. The van der Waals surface area contributed by atoms with Gasteiger partial charge >= 0.3 is 0 Å². The van der Waals surface area contributed by atoms with E-state index in [0.29, 0.717) is 24.1 Å². The summed E-state index contributed by atoms with van der Waals surface area (Å²) in [4.78, 5) is 9.02. The minimum absolute atomic E-state index is 0.0701. The van der Waals surface area contributed by atoms with Crippen LogP contribution < -0.4 is 15.9 Å². The van der Waals surface area contributed by atoms with Gasteiger partial charge in [-0.15, -0.1) is 5.12 Å². The van der Waals surface area contributed by atoms with Crippen molar-refractivity contribution in [2.75, 3.05) is 35.1 Å². The summed E-state index contributed by atoms with van der Waals surface area (Å²) in [5, 5.41) is 18.5. The Morgan fingerprint density at radius 2 is 2.12 bits per heavy atom. The molecule has 0 aliphatic carbocycles. The number of hydrazine groups is 1. The molecule has 24 heavy (non-hydrogen) atoms. The Kier molecular flexibility index (Phi) is 5.47. The van der Waals surface area contributed by atoms with Gasteiger partial charge in [0.1, 0.15) is 17.3 Å². The van der Waals surface area contributed by atoms with Crippen molar-refractivity contribution in [3.05, 3.63) is 36.5 Å². The van der Waals surface area contributed by atoms with E-state index in [1.54, 1.807) is 18.5 Å². The maximum atomic E-state index is 11.6. The standard InChI is InChI=1S/C15H18N6O2S/c22-9-11-24(23)10-8-16-14-12-4-1-2-5-13(12)19-15(20-14)21-17-6-3-7-18-21/h1-7,17,22H,8-11H2,(H,16,19,20). The first-order chi connectivity index (χ1) is 11.8. The van der Waals surface area contributed by atoms with Gasteiger partial charge in [-0.2, -0.15) is 10.1 Å². The van der Waals surface area contributed by atoms with Gasteiger partial charge in [-0.25, -0.2) is 4.98 Å². The van der Waals surface area contributed by atoms with Crippen molar-refractivity contribution >= 4 is 40.1 Å². The van der Waals surface area contributed by atoms with E-state index in [1.165, 1.54) is 5.12 Å². The van der Waals surface area contributed by atoms with E-state index in [9.17, 15) is 4.55 Å². The van der Waals surface area contributed by atoms with Crippen LogP contribution in [0.5, 0.6) is 0 Å². The summed E-state index contributed by atoms with van der Waals surface area (Å²) in [5.74, 6) is 1.80. The number of fused-ring (bicyclic) bond motifs is 1. The number of rotatable bonds is 7. The summed E-state index contributed by atoms with van der Waals surface area (Å²) in [6.45, 7) is 0.420. The average molecular weight is 346 g/mol. The van der Waals surface area contributed by atoms with Crippen LogP contribution in [0, 0.1) is 0 Å². The van der Waals surface area contributed by atoms with E-state index >= 15 is 0 Å². The predicted octanol–water partition coefficient (Wildman–Crippen LogP) is 0.607. The third-order valence-corrected chi connectivity index (χ3v) is 4.58. The quantitative estimate of drug-likeness (QED) is 0.630. The highest BCUT2D eigenvalue weighted by atomic mass is 32.2. The Morgan fingerprint density at radius 3 is 2.92 bits per heavy atom. The molecule has 0 saturated heterocycles. The fourth-order valence-corrected chi connectivity index (χ4v) is 2.92. The highest BCUT2D eigenvalue weighted by Crippen LogP contribution is 2.23. The van der Waals surface area contributed by atoms with Crippen molar-refractivity contribution in [3.63, 3.8) is 0 Å². The molecule has 3 rings (SSSR count). The van der Waals surface area contributed by atoms with Crippen LogP contribution in [0.3, 0.4) is 0 Å². The van der Waals surface area contributed by atoms with Crippen LogP contribution in [0.15, 0.2) is 41.6 Å². The summed E-state index contributed by atoms with van der Waals surface area (Å²) in [7, 11) is 0. The van der Waals surface area contributed by atoms with Crippen LogP contribution in [0.2, 0.25) is 0 Å². The maximum absolute atomic E-state index is 11.6. The molecule has 1 aliphatic heterocycles.